The molecule has 2 rings (SSSR count). The summed E-state index contributed by atoms with van der Waals surface area (Å²) in [6.07, 6.45) is 5.33. The molecule has 2 nitrogen and oxygen atoms in total. The lowest BCUT2D eigenvalue weighted by molar-refractivity contribution is 0.739. The summed E-state index contributed by atoms with van der Waals surface area (Å²) in [7, 11) is 0. The van der Waals surface area contributed by atoms with Crippen LogP contribution in [0.1, 0.15) is 11.3 Å². The molecule has 0 atom stereocenters. The second kappa shape index (κ2) is 3.15. The second-order valence-electron chi connectivity index (χ2n) is 2.55. The minimum Gasteiger partial charge on any atom is -0.313 e. The standard InChI is InChI=1S/C8H10N2S/c1-3-9-4-2-7(1)8-5-10-6-11-8/h1,5-6,9H,2-4H2. The quantitative estimate of drug-likeness (QED) is 0.684. The summed E-state index contributed by atoms with van der Waals surface area (Å²) in [5.74, 6) is 0. The number of rotatable bonds is 1. The van der Waals surface area contributed by atoms with Crippen LogP contribution in [0, 0.1) is 0 Å². The fourth-order valence-electron chi connectivity index (χ4n) is 1.22. The molecule has 1 aliphatic rings. The molecule has 58 valence electrons. The maximum absolute atomic E-state index is 4.05. The Morgan fingerprint density at radius 3 is 3.18 bits per heavy atom. The van der Waals surface area contributed by atoms with Gasteiger partial charge in [-0.3, -0.25) is 4.98 Å². The number of nitrogens with one attached hydrogen (secondary N) is 1. The predicted octanol–water partition coefficient (Wildman–Crippen LogP) is 1.52. The minimum absolute atomic E-state index is 1.01. The van der Waals surface area contributed by atoms with E-state index < -0.39 is 0 Å². The Kier molecular flexibility index (Phi) is 2.01. The highest BCUT2D eigenvalue weighted by Gasteiger charge is 2.05. The van der Waals surface area contributed by atoms with Crippen molar-refractivity contribution in [3.63, 3.8) is 0 Å². The van der Waals surface area contributed by atoms with Gasteiger partial charge in [0.2, 0.25) is 0 Å². The Morgan fingerprint density at radius 1 is 1.55 bits per heavy atom. The van der Waals surface area contributed by atoms with Gasteiger partial charge < -0.3 is 5.32 Å². The molecular weight excluding hydrogens is 156 g/mol. The van der Waals surface area contributed by atoms with E-state index >= 15 is 0 Å². The van der Waals surface area contributed by atoms with Crippen molar-refractivity contribution >= 4 is 16.9 Å². The predicted molar refractivity (Wildman–Crippen MR) is 47.6 cm³/mol. The largest absolute Gasteiger partial charge is 0.313 e. The Bertz CT molecular complexity index is 251. The van der Waals surface area contributed by atoms with Crippen molar-refractivity contribution in [1.29, 1.82) is 0 Å². The molecule has 0 aromatic carbocycles. The highest BCUT2D eigenvalue weighted by Crippen LogP contribution is 2.22. The molecule has 0 unspecified atom stereocenters. The molecule has 1 N–H and O–H groups in total. The molecule has 0 amide bonds. The zero-order valence-electron chi connectivity index (χ0n) is 6.21. The first kappa shape index (κ1) is 7.00. The van der Waals surface area contributed by atoms with Crippen LogP contribution in [0.3, 0.4) is 0 Å². The van der Waals surface area contributed by atoms with E-state index in [9.17, 15) is 0 Å². The third kappa shape index (κ3) is 1.49. The van der Waals surface area contributed by atoms with E-state index in [2.05, 4.69) is 16.4 Å². The zero-order valence-corrected chi connectivity index (χ0v) is 7.03. The summed E-state index contributed by atoms with van der Waals surface area (Å²) >= 11 is 1.72. The second-order valence-corrected chi connectivity index (χ2v) is 3.44. The average molecular weight is 166 g/mol. The van der Waals surface area contributed by atoms with E-state index in [4.69, 9.17) is 0 Å². The first-order valence-corrected chi connectivity index (χ1v) is 4.63. The monoisotopic (exact) mass is 166 g/mol. The molecule has 0 spiro atoms. The van der Waals surface area contributed by atoms with Crippen LogP contribution in [-0.4, -0.2) is 18.1 Å². The van der Waals surface area contributed by atoms with Gasteiger partial charge in [0.1, 0.15) is 0 Å². The van der Waals surface area contributed by atoms with Crippen LogP contribution in [0.5, 0.6) is 0 Å². The molecule has 3 heteroatoms. The van der Waals surface area contributed by atoms with E-state index in [-0.39, 0.29) is 0 Å². The van der Waals surface area contributed by atoms with Crippen molar-refractivity contribution in [2.45, 2.75) is 6.42 Å². The van der Waals surface area contributed by atoms with Crippen molar-refractivity contribution in [3.05, 3.63) is 22.7 Å². The molecule has 0 saturated carbocycles. The van der Waals surface area contributed by atoms with Gasteiger partial charge >= 0.3 is 0 Å². The SMILES string of the molecule is C1=C(c2cncs2)CCNC1. The third-order valence-electron chi connectivity index (χ3n) is 1.81. The Balaban J connectivity index is 2.22. The first-order valence-electron chi connectivity index (χ1n) is 3.75. The fraction of sp³-hybridized carbons (Fsp3) is 0.375. The number of nitrogens with zero attached hydrogens (tertiary/aromatic N) is 1. The molecule has 0 aliphatic carbocycles. The van der Waals surface area contributed by atoms with Crippen molar-refractivity contribution in [2.24, 2.45) is 0 Å². The van der Waals surface area contributed by atoms with E-state index in [0.29, 0.717) is 0 Å². The zero-order chi connectivity index (χ0) is 7.52. The molecule has 1 aromatic heterocycles. The molecule has 1 aromatic rings. The topological polar surface area (TPSA) is 24.9 Å². The van der Waals surface area contributed by atoms with Gasteiger partial charge in [-0.15, -0.1) is 11.3 Å². The van der Waals surface area contributed by atoms with Crippen LogP contribution in [0.15, 0.2) is 17.8 Å². The molecule has 1 aliphatic heterocycles. The molecule has 0 fully saturated rings. The first-order chi connectivity index (χ1) is 5.47. The summed E-state index contributed by atoms with van der Waals surface area (Å²) in [6, 6.07) is 0. The van der Waals surface area contributed by atoms with E-state index in [0.717, 1.165) is 19.5 Å². The fourth-order valence-corrected chi connectivity index (χ4v) is 1.91. The van der Waals surface area contributed by atoms with Crippen LogP contribution in [0.2, 0.25) is 0 Å². The van der Waals surface area contributed by atoms with Crippen LogP contribution < -0.4 is 5.32 Å². The van der Waals surface area contributed by atoms with Gasteiger partial charge in [-0.1, -0.05) is 6.08 Å². The Morgan fingerprint density at radius 2 is 2.55 bits per heavy atom. The summed E-state index contributed by atoms with van der Waals surface area (Å²) in [4.78, 5) is 5.38. The van der Waals surface area contributed by atoms with E-state index in [1.165, 1.54) is 10.5 Å². The van der Waals surface area contributed by atoms with Crippen molar-refractivity contribution in [3.8, 4) is 0 Å². The third-order valence-corrected chi connectivity index (χ3v) is 2.66. The summed E-state index contributed by atoms with van der Waals surface area (Å²) in [5.41, 5.74) is 3.34. The Labute approximate surface area is 70.0 Å². The number of thiazole rings is 1. The molecule has 11 heavy (non-hydrogen) atoms. The van der Waals surface area contributed by atoms with Crippen molar-refractivity contribution < 1.29 is 0 Å². The van der Waals surface area contributed by atoms with E-state index in [1.807, 2.05) is 11.7 Å². The summed E-state index contributed by atoms with van der Waals surface area (Å²) in [5, 5.41) is 3.28. The van der Waals surface area contributed by atoms with Gasteiger partial charge in [0, 0.05) is 17.6 Å². The molecule has 0 radical (unpaired) electrons. The van der Waals surface area contributed by atoms with Gasteiger partial charge in [0.15, 0.2) is 0 Å². The van der Waals surface area contributed by atoms with E-state index in [1.54, 1.807) is 11.3 Å². The van der Waals surface area contributed by atoms with Gasteiger partial charge in [-0.05, 0) is 18.5 Å². The summed E-state index contributed by atoms with van der Waals surface area (Å²) < 4.78 is 0. The van der Waals surface area contributed by atoms with Crippen LogP contribution >= 0.6 is 11.3 Å². The van der Waals surface area contributed by atoms with Gasteiger partial charge in [-0.2, -0.15) is 0 Å². The maximum atomic E-state index is 4.05. The number of hydrogen-bond acceptors (Lipinski definition) is 3. The lowest BCUT2D eigenvalue weighted by Gasteiger charge is -2.11. The average Bonchev–Trinajstić information content (AvgIpc) is 2.58. The highest BCUT2D eigenvalue weighted by molar-refractivity contribution is 7.10. The van der Waals surface area contributed by atoms with Crippen LogP contribution in [0.25, 0.3) is 5.57 Å². The summed E-state index contributed by atoms with van der Waals surface area (Å²) in [6.45, 7) is 2.11. The van der Waals surface area contributed by atoms with Crippen molar-refractivity contribution in [2.75, 3.05) is 13.1 Å². The maximum Gasteiger partial charge on any atom is 0.0797 e. The molecule has 0 bridgehead atoms. The Hall–Kier alpha value is -0.670. The van der Waals surface area contributed by atoms with Gasteiger partial charge in [0.05, 0.1) is 5.51 Å². The number of hydrogen-bond donors (Lipinski definition) is 1. The number of aromatic nitrogens is 1. The van der Waals surface area contributed by atoms with Crippen molar-refractivity contribution in [1.82, 2.24) is 10.3 Å². The minimum atomic E-state index is 1.01. The van der Waals surface area contributed by atoms with Gasteiger partial charge in [-0.25, -0.2) is 0 Å². The smallest absolute Gasteiger partial charge is 0.0797 e. The molecule has 0 saturated heterocycles. The van der Waals surface area contributed by atoms with Crippen LogP contribution in [0.4, 0.5) is 0 Å². The molecule has 2 heterocycles. The normalized spacial score (nSPS) is 18.0. The van der Waals surface area contributed by atoms with Gasteiger partial charge in [0.25, 0.3) is 0 Å². The lowest BCUT2D eigenvalue weighted by atomic mass is 10.1. The highest BCUT2D eigenvalue weighted by atomic mass is 32.1. The lowest BCUT2D eigenvalue weighted by Crippen LogP contribution is -2.19. The van der Waals surface area contributed by atoms with Crippen LogP contribution in [-0.2, 0) is 0 Å². The molecular formula is C8H10N2S.